The van der Waals surface area contributed by atoms with Crippen molar-refractivity contribution in [3.8, 4) is 0 Å². The summed E-state index contributed by atoms with van der Waals surface area (Å²) in [6.45, 7) is 7.76. The topological polar surface area (TPSA) is 52.6 Å². The minimum atomic E-state index is 0. The number of hydrogen-bond acceptors (Lipinski definition) is 3. The molecule has 1 aromatic carbocycles. The Kier molecular flexibility index (Phi) is 8.24. The maximum Gasteiger partial charge on any atom is 0.191 e. The molecular weight excluding hydrogens is 413 g/mol. The lowest BCUT2D eigenvalue weighted by Crippen LogP contribution is -2.41. The second-order valence-electron chi connectivity index (χ2n) is 6.05. The van der Waals surface area contributed by atoms with Crippen LogP contribution < -0.4 is 15.5 Å². The summed E-state index contributed by atoms with van der Waals surface area (Å²) in [5.74, 6) is 1.80. The third-order valence-corrected chi connectivity index (χ3v) is 3.42. The van der Waals surface area contributed by atoms with E-state index in [0.717, 1.165) is 29.2 Å². The van der Waals surface area contributed by atoms with Gasteiger partial charge in [-0.1, -0.05) is 18.2 Å². The first-order valence-electron chi connectivity index (χ1n) is 8.12. The zero-order valence-electron chi connectivity index (χ0n) is 15.1. The normalized spacial score (nSPS) is 11.3. The largest absolute Gasteiger partial charge is 0.363 e. The Morgan fingerprint density at radius 1 is 1.25 bits per heavy atom. The first-order chi connectivity index (χ1) is 11.0. The first kappa shape index (κ1) is 20.5. The van der Waals surface area contributed by atoms with Crippen molar-refractivity contribution in [1.82, 2.24) is 15.6 Å². The molecule has 0 fully saturated rings. The second-order valence-corrected chi connectivity index (χ2v) is 6.05. The fourth-order valence-corrected chi connectivity index (χ4v) is 2.35. The van der Waals surface area contributed by atoms with E-state index in [1.165, 1.54) is 5.56 Å². The van der Waals surface area contributed by atoms with Crippen LogP contribution in [0, 0.1) is 0 Å². The Balaban J connectivity index is 0.00000288. The van der Waals surface area contributed by atoms with E-state index in [4.69, 9.17) is 9.98 Å². The minimum Gasteiger partial charge on any atom is -0.363 e. The van der Waals surface area contributed by atoms with Crippen LogP contribution in [-0.4, -0.2) is 37.6 Å². The van der Waals surface area contributed by atoms with Crippen molar-refractivity contribution in [2.75, 3.05) is 25.5 Å². The van der Waals surface area contributed by atoms with Gasteiger partial charge in [-0.05, 0) is 38.5 Å². The molecule has 0 saturated heterocycles. The fourth-order valence-electron chi connectivity index (χ4n) is 2.35. The van der Waals surface area contributed by atoms with Gasteiger partial charge >= 0.3 is 0 Å². The predicted octanol–water partition coefficient (Wildman–Crippen LogP) is 3.38. The molecule has 2 N–H and O–H groups in total. The molecule has 5 nitrogen and oxygen atoms in total. The van der Waals surface area contributed by atoms with E-state index in [9.17, 15) is 0 Å². The molecule has 24 heavy (non-hydrogen) atoms. The van der Waals surface area contributed by atoms with Crippen LogP contribution in [0.3, 0.4) is 0 Å². The van der Waals surface area contributed by atoms with E-state index in [-0.39, 0.29) is 24.0 Å². The first-order valence-corrected chi connectivity index (χ1v) is 8.12. The molecule has 0 bridgehead atoms. The summed E-state index contributed by atoms with van der Waals surface area (Å²) in [5.41, 5.74) is 2.19. The summed E-state index contributed by atoms with van der Waals surface area (Å²) in [4.78, 5) is 11.4. The lowest BCUT2D eigenvalue weighted by molar-refractivity contribution is 0.701. The number of halogens is 1. The van der Waals surface area contributed by atoms with Crippen LogP contribution in [0.5, 0.6) is 0 Å². The van der Waals surface area contributed by atoms with Gasteiger partial charge in [-0.3, -0.25) is 0 Å². The van der Waals surface area contributed by atoms with Crippen molar-refractivity contribution in [2.24, 2.45) is 4.99 Å². The maximum absolute atomic E-state index is 4.72. The van der Waals surface area contributed by atoms with E-state index in [1.54, 1.807) is 0 Å². The van der Waals surface area contributed by atoms with Gasteiger partial charge in [-0.15, -0.1) is 24.0 Å². The average Bonchev–Trinajstić information content (AvgIpc) is 2.51. The predicted molar refractivity (Wildman–Crippen MR) is 115 cm³/mol. The van der Waals surface area contributed by atoms with Crippen molar-refractivity contribution in [3.63, 3.8) is 0 Å². The third-order valence-electron chi connectivity index (χ3n) is 3.42. The van der Waals surface area contributed by atoms with Crippen LogP contribution in [0.15, 0.2) is 35.3 Å². The van der Waals surface area contributed by atoms with E-state index in [0.29, 0.717) is 12.6 Å². The number of fused-ring (bicyclic) bond motifs is 1. The molecule has 0 saturated carbocycles. The van der Waals surface area contributed by atoms with Crippen LogP contribution in [0.4, 0.5) is 5.82 Å². The molecule has 2 aromatic rings. The van der Waals surface area contributed by atoms with Crippen molar-refractivity contribution in [2.45, 2.75) is 33.4 Å². The third kappa shape index (κ3) is 5.51. The van der Waals surface area contributed by atoms with Gasteiger partial charge in [-0.25, -0.2) is 9.98 Å². The summed E-state index contributed by atoms with van der Waals surface area (Å²) in [6, 6.07) is 10.7. The zero-order valence-corrected chi connectivity index (χ0v) is 17.5. The molecule has 1 heterocycles. The zero-order chi connectivity index (χ0) is 16.8. The van der Waals surface area contributed by atoms with Gasteiger partial charge in [0.15, 0.2) is 5.96 Å². The van der Waals surface area contributed by atoms with Gasteiger partial charge in [0, 0.05) is 32.1 Å². The molecule has 0 atom stereocenters. The van der Waals surface area contributed by atoms with Crippen molar-refractivity contribution < 1.29 is 0 Å². The molecular formula is C18H28IN5. The Bertz CT molecular complexity index is 682. The Hall–Kier alpha value is -1.57. The highest BCUT2D eigenvalue weighted by atomic mass is 127. The van der Waals surface area contributed by atoms with Crippen molar-refractivity contribution >= 4 is 46.7 Å². The van der Waals surface area contributed by atoms with Crippen molar-refractivity contribution in [1.29, 1.82) is 0 Å². The van der Waals surface area contributed by atoms with Gasteiger partial charge in [-0.2, -0.15) is 0 Å². The van der Waals surface area contributed by atoms with Gasteiger partial charge < -0.3 is 15.5 Å². The summed E-state index contributed by atoms with van der Waals surface area (Å²) in [7, 11) is 4.02. The molecule has 2 rings (SSSR count). The number of anilines is 1. The number of guanidine groups is 1. The number of pyridine rings is 1. The van der Waals surface area contributed by atoms with Gasteiger partial charge in [0.05, 0.1) is 12.1 Å². The highest BCUT2D eigenvalue weighted by Crippen LogP contribution is 2.22. The molecule has 0 spiro atoms. The fraction of sp³-hybridized carbons (Fsp3) is 0.444. The van der Waals surface area contributed by atoms with Crippen LogP contribution in [-0.2, 0) is 6.54 Å². The SMILES string of the molecule is CCNC(=NCc1cc(N(C)C)nc2ccccc12)NC(C)C.I. The standard InChI is InChI=1S/C18H27N5.HI/c1-6-19-18(21-13(2)3)20-12-14-11-17(23(4)5)22-16-10-8-7-9-15(14)16;/h7-11,13H,6,12H2,1-5H3,(H2,19,20,21);1H. The average molecular weight is 441 g/mol. The quantitative estimate of drug-likeness (QED) is 0.425. The smallest absolute Gasteiger partial charge is 0.191 e. The summed E-state index contributed by atoms with van der Waals surface area (Å²) in [5, 5.41) is 7.79. The summed E-state index contributed by atoms with van der Waals surface area (Å²) in [6.07, 6.45) is 0. The minimum absolute atomic E-state index is 0. The highest BCUT2D eigenvalue weighted by Gasteiger charge is 2.07. The molecule has 6 heteroatoms. The number of nitrogens with zero attached hydrogens (tertiary/aromatic N) is 3. The van der Waals surface area contributed by atoms with Gasteiger partial charge in [0.1, 0.15) is 5.82 Å². The maximum atomic E-state index is 4.72. The molecule has 1 aromatic heterocycles. The number of aliphatic imine (C=N–C) groups is 1. The lowest BCUT2D eigenvalue weighted by atomic mass is 10.1. The Labute approximate surface area is 162 Å². The molecule has 0 aliphatic heterocycles. The number of nitrogens with one attached hydrogen (secondary N) is 2. The molecule has 0 aliphatic carbocycles. The molecule has 132 valence electrons. The van der Waals surface area contributed by atoms with Gasteiger partial charge in [0.2, 0.25) is 0 Å². The Morgan fingerprint density at radius 2 is 1.96 bits per heavy atom. The highest BCUT2D eigenvalue weighted by molar-refractivity contribution is 14.0. The van der Waals surface area contributed by atoms with E-state index in [2.05, 4.69) is 43.5 Å². The van der Waals surface area contributed by atoms with Crippen molar-refractivity contribution in [3.05, 3.63) is 35.9 Å². The van der Waals surface area contributed by atoms with E-state index >= 15 is 0 Å². The van der Waals surface area contributed by atoms with Gasteiger partial charge in [0.25, 0.3) is 0 Å². The van der Waals surface area contributed by atoms with E-state index < -0.39 is 0 Å². The monoisotopic (exact) mass is 441 g/mol. The number of benzene rings is 1. The molecule has 0 unspecified atom stereocenters. The summed E-state index contributed by atoms with van der Waals surface area (Å²) < 4.78 is 0. The molecule has 0 amide bonds. The van der Waals surface area contributed by atoms with E-state index in [1.807, 2.05) is 37.2 Å². The Morgan fingerprint density at radius 3 is 2.58 bits per heavy atom. The molecule has 0 aliphatic rings. The van der Waals surface area contributed by atoms with Crippen LogP contribution in [0.1, 0.15) is 26.3 Å². The number of rotatable bonds is 5. The van der Waals surface area contributed by atoms with Crippen LogP contribution in [0.2, 0.25) is 0 Å². The second kappa shape index (κ2) is 9.66. The number of hydrogen-bond donors (Lipinski definition) is 2. The number of aromatic nitrogens is 1. The van der Waals surface area contributed by atoms with Crippen LogP contribution >= 0.6 is 24.0 Å². The number of para-hydroxylation sites is 1. The lowest BCUT2D eigenvalue weighted by Gasteiger charge is -2.16. The van der Waals surface area contributed by atoms with Crippen LogP contribution in [0.25, 0.3) is 10.9 Å². The summed E-state index contributed by atoms with van der Waals surface area (Å²) >= 11 is 0. The molecule has 0 radical (unpaired) electrons.